The summed E-state index contributed by atoms with van der Waals surface area (Å²) in [4.78, 5) is 28.5. The molecule has 0 radical (unpaired) electrons. The fourth-order valence-corrected chi connectivity index (χ4v) is 3.31. The molecule has 154 valence electrons. The second-order valence-corrected chi connectivity index (χ2v) is 7.23. The minimum atomic E-state index is -4.32. The smallest absolute Gasteiger partial charge is 0.335 e. The van der Waals surface area contributed by atoms with Crippen LogP contribution in [0.3, 0.4) is 0 Å². The number of carbonyl (C=O) groups is 2. The molecule has 4 nitrogen and oxygen atoms in total. The summed E-state index contributed by atoms with van der Waals surface area (Å²) in [7, 11) is 1.64. The molecule has 1 aliphatic rings. The lowest BCUT2D eigenvalue weighted by atomic mass is 9.90. The minimum Gasteiger partial charge on any atom is -0.335 e. The van der Waals surface area contributed by atoms with Gasteiger partial charge >= 0.3 is 6.18 Å². The number of hydrogen-bond donors (Lipinski definition) is 0. The van der Waals surface area contributed by atoms with Crippen molar-refractivity contribution in [2.45, 2.75) is 37.9 Å². The van der Waals surface area contributed by atoms with Gasteiger partial charge in [-0.1, -0.05) is 24.3 Å². The Morgan fingerprint density at radius 1 is 0.966 bits per heavy atom. The van der Waals surface area contributed by atoms with Crippen molar-refractivity contribution in [2.75, 3.05) is 18.5 Å². The van der Waals surface area contributed by atoms with E-state index < -0.39 is 18.5 Å². The maximum Gasteiger partial charge on any atom is 0.390 e. The van der Waals surface area contributed by atoms with Gasteiger partial charge in [0.15, 0.2) is 0 Å². The van der Waals surface area contributed by atoms with Crippen molar-refractivity contribution in [3.8, 4) is 0 Å². The van der Waals surface area contributed by atoms with E-state index in [4.69, 9.17) is 0 Å². The van der Waals surface area contributed by atoms with Crippen LogP contribution in [0.5, 0.6) is 0 Å². The van der Waals surface area contributed by atoms with Gasteiger partial charge in [0, 0.05) is 36.4 Å². The molecule has 1 aliphatic carbocycles. The zero-order valence-corrected chi connectivity index (χ0v) is 16.2. The zero-order chi connectivity index (χ0) is 21.0. The number of carbonyl (C=O) groups excluding carboxylic acids is 2. The van der Waals surface area contributed by atoms with Crippen molar-refractivity contribution in [3.63, 3.8) is 0 Å². The highest BCUT2D eigenvalue weighted by Gasteiger charge is 2.34. The molecule has 7 heteroatoms. The number of amides is 2. The molecule has 1 saturated carbocycles. The van der Waals surface area contributed by atoms with Crippen LogP contribution in [0.25, 0.3) is 0 Å². The third kappa shape index (κ3) is 5.16. The molecular formula is C22H23F3N2O2. The number of anilines is 1. The molecule has 1 fully saturated rings. The molecule has 2 aromatic carbocycles. The van der Waals surface area contributed by atoms with E-state index in [0.717, 1.165) is 6.42 Å². The van der Waals surface area contributed by atoms with Gasteiger partial charge in [0.05, 0.1) is 6.42 Å². The summed E-state index contributed by atoms with van der Waals surface area (Å²) in [6.45, 7) is -0.366. The van der Waals surface area contributed by atoms with E-state index >= 15 is 0 Å². The predicted octanol–water partition coefficient (Wildman–Crippen LogP) is 4.91. The molecule has 0 spiro atoms. The quantitative estimate of drug-likeness (QED) is 0.686. The van der Waals surface area contributed by atoms with Gasteiger partial charge in [-0.25, -0.2) is 0 Å². The van der Waals surface area contributed by atoms with Crippen molar-refractivity contribution in [1.82, 2.24) is 4.90 Å². The van der Waals surface area contributed by atoms with E-state index in [9.17, 15) is 22.8 Å². The van der Waals surface area contributed by atoms with Gasteiger partial charge < -0.3 is 9.80 Å². The van der Waals surface area contributed by atoms with Gasteiger partial charge in [0.25, 0.3) is 11.8 Å². The van der Waals surface area contributed by atoms with E-state index in [1.807, 2.05) is 18.2 Å². The lowest BCUT2D eigenvalue weighted by Gasteiger charge is -2.38. The molecule has 2 aromatic rings. The average molecular weight is 404 g/mol. The van der Waals surface area contributed by atoms with E-state index in [1.54, 1.807) is 37.4 Å². The third-order valence-corrected chi connectivity index (χ3v) is 5.22. The van der Waals surface area contributed by atoms with E-state index in [0.29, 0.717) is 24.1 Å². The fraction of sp³-hybridized carbons (Fsp3) is 0.364. The van der Waals surface area contributed by atoms with Crippen molar-refractivity contribution in [1.29, 1.82) is 0 Å². The van der Waals surface area contributed by atoms with Gasteiger partial charge in [-0.2, -0.15) is 13.2 Å². The summed E-state index contributed by atoms with van der Waals surface area (Å²) in [5, 5.41) is 0. The molecule has 2 amide bonds. The summed E-state index contributed by atoms with van der Waals surface area (Å²) in [5.41, 5.74) is 1.24. The number of rotatable bonds is 6. The summed E-state index contributed by atoms with van der Waals surface area (Å²) >= 11 is 0. The Balaban J connectivity index is 1.79. The fourth-order valence-electron chi connectivity index (χ4n) is 3.31. The Morgan fingerprint density at radius 3 is 2.14 bits per heavy atom. The molecule has 0 saturated heterocycles. The lowest BCUT2D eigenvalue weighted by molar-refractivity contribution is -0.138. The van der Waals surface area contributed by atoms with Crippen LogP contribution in [0.15, 0.2) is 54.6 Å². The summed E-state index contributed by atoms with van der Waals surface area (Å²) in [6.07, 6.45) is -3.04. The molecule has 0 atom stereocenters. The highest BCUT2D eigenvalue weighted by atomic mass is 19.4. The molecular weight excluding hydrogens is 381 g/mol. The normalized spacial score (nSPS) is 14.2. The van der Waals surface area contributed by atoms with Crippen LogP contribution in [0.4, 0.5) is 18.9 Å². The first-order valence-corrected chi connectivity index (χ1v) is 9.57. The first-order valence-electron chi connectivity index (χ1n) is 9.57. The Hall–Kier alpha value is -2.83. The van der Waals surface area contributed by atoms with E-state index in [-0.39, 0.29) is 24.1 Å². The van der Waals surface area contributed by atoms with Gasteiger partial charge in [-0.05, 0) is 49.6 Å². The molecule has 0 aromatic heterocycles. The predicted molar refractivity (Wildman–Crippen MR) is 105 cm³/mol. The maximum atomic E-state index is 12.9. The van der Waals surface area contributed by atoms with Crippen molar-refractivity contribution >= 4 is 17.5 Å². The largest absolute Gasteiger partial charge is 0.390 e. The maximum absolute atomic E-state index is 12.9. The number of hydrogen-bond acceptors (Lipinski definition) is 2. The molecule has 3 rings (SSSR count). The van der Waals surface area contributed by atoms with Crippen LogP contribution < -0.4 is 4.90 Å². The van der Waals surface area contributed by atoms with Crippen molar-refractivity contribution < 1.29 is 22.8 Å². The molecule has 29 heavy (non-hydrogen) atoms. The molecule has 0 N–H and O–H groups in total. The monoisotopic (exact) mass is 404 g/mol. The van der Waals surface area contributed by atoms with Gasteiger partial charge in [0.1, 0.15) is 0 Å². The molecule has 0 heterocycles. The lowest BCUT2D eigenvalue weighted by Crippen LogP contribution is -2.45. The topological polar surface area (TPSA) is 40.6 Å². The highest BCUT2D eigenvalue weighted by Crippen LogP contribution is 2.29. The number of nitrogens with zero attached hydrogens (tertiary/aromatic N) is 2. The summed E-state index contributed by atoms with van der Waals surface area (Å²) in [6, 6.07) is 15.1. The van der Waals surface area contributed by atoms with Crippen LogP contribution in [0.1, 0.15) is 46.4 Å². The molecule has 0 bridgehead atoms. The molecule has 0 aliphatic heterocycles. The Labute approximate surface area is 167 Å². The second kappa shape index (κ2) is 8.68. The number of benzene rings is 2. The first kappa shape index (κ1) is 20.9. The Morgan fingerprint density at radius 2 is 1.59 bits per heavy atom. The standard InChI is InChI=1S/C22H23F3N2O2/c1-26(18-9-3-2-4-10-18)20(28)16-7-5-8-17(15-16)21(29)27(19-11-6-12-19)14-13-22(23,24)25/h2-5,7-10,15,19H,6,11-14H2,1H3. The third-order valence-electron chi connectivity index (χ3n) is 5.22. The molecule has 0 unspecified atom stereocenters. The highest BCUT2D eigenvalue weighted by molar-refractivity contribution is 6.07. The van der Waals surface area contributed by atoms with Crippen LogP contribution in [-0.4, -0.2) is 42.5 Å². The van der Waals surface area contributed by atoms with Crippen LogP contribution in [-0.2, 0) is 0 Å². The number of para-hydroxylation sites is 1. The average Bonchev–Trinajstić information content (AvgIpc) is 2.68. The number of halogens is 3. The van der Waals surface area contributed by atoms with Gasteiger partial charge in [0.2, 0.25) is 0 Å². The van der Waals surface area contributed by atoms with Crippen molar-refractivity contribution in [3.05, 3.63) is 65.7 Å². The minimum absolute atomic E-state index is 0.170. The second-order valence-electron chi connectivity index (χ2n) is 7.23. The van der Waals surface area contributed by atoms with Crippen molar-refractivity contribution in [2.24, 2.45) is 0 Å². The SMILES string of the molecule is CN(C(=O)c1cccc(C(=O)N(CCC(F)(F)F)C2CCC2)c1)c1ccccc1. The zero-order valence-electron chi connectivity index (χ0n) is 16.2. The van der Waals surface area contributed by atoms with Crippen LogP contribution in [0, 0.1) is 0 Å². The summed E-state index contributed by atoms with van der Waals surface area (Å²) in [5.74, 6) is -0.757. The van der Waals surface area contributed by atoms with Crippen LogP contribution >= 0.6 is 0 Å². The summed E-state index contributed by atoms with van der Waals surface area (Å²) < 4.78 is 38.1. The van der Waals surface area contributed by atoms with E-state index in [1.165, 1.54) is 15.9 Å². The van der Waals surface area contributed by atoms with Crippen LogP contribution in [0.2, 0.25) is 0 Å². The first-order chi connectivity index (χ1) is 13.8. The number of alkyl halides is 3. The Kier molecular flexibility index (Phi) is 6.25. The van der Waals surface area contributed by atoms with E-state index in [2.05, 4.69) is 0 Å². The Bertz CT molecular complexity index is 864. The van der Waals surface area contributed by atoms with Gasteiger partial charge in [-0.15, -0.1) is 0 Å². The van der Waals surface area contributed by atoms with Gasteiger partial charge in [-0.3, -0.25) is 9.59 Å².